The molecule has 0 saturated heterocycles. The lowest BCUT2D eigenvalue weighted by Gasteiger charge is -2.09. The molecule has 1 aromatic heterocycles. The first kappa shape index (κ1) is 23.1. The van der Waals surface area contributed by atoms with Gasteiger partial charge in [0.2, 0.25) is 0 Å². The molecule has 0 radical (unpaired) electrons. The Morgan fingerprint density at radius 1 is 1.03 bits per heavy atom. The zero-order chi connectivity index (χ0) is 22.8. The Balaban J connectivity index is 1.69. The molecule has 166 valence electrons. The van der Waals surface area contributed by atoms with Gasteiger partial charge >= 0.3 is 0 Å². The lowest BCUT2D eigenvalue weighted by atomic mass is 10.0. The van der Waals surface area contributed by atoms with E-state index in [1.165, 1.54) is 6.20 Å². The van der Waals surface area contributed by atoms with Crippen LogP contribution in [0.1, 0.15) is 53.5 Å². The Morgan fingerprint density at radius 3 is 2.62 bits per heavy atom. The van der Waals surface area contributed by atoms with E-state index in [1.54, 1.807) is 30.3 Å². The normalized spacial score (nSPS) is 10.7. The van der Waals surface area contributed by atoms with E-state index in [4.69, 9.17) is 10.5 Å². The quantitative estimate of drug-likeness (QED) is 0.334. The summed E-state index contributed by atoms with van der Waals surface area (Å²) < 4.78 is 5.46. The van der Waals surface area contributed by atoms with Crippen LogP contribution in [0.4, 0.5) is 11.5 Å². The monoisotopic (exact) mass is 432 g/mol. The van der Waals surface area contributed by atoms with Crippen molar-refractivity contribution < 1.29 is 14.3 Å². The molecule has 7 heteroatoms. The number of unbranched alkanes of at least 4 members (excludes halogenated alkanes) is 1. The second kappa shape index (κ2) is 11.7. The molecule has 0 atom stereocenters. The molecule has 3 rings (SSSR count). The lowest BCUT2D eigenvalue weighted by Crippen LogP contribution is -2.17. The van der Waals surface area contributed by atoms with E-state index in [0.717, 1.165) is 25.9 Å². The van der Waals surface area contributed by atoms with Gasteiger partial charge in [0, 0.05) is 36.4 Å². The Kier molecular flexibility index (Phi) is 8.45. The molecule has 3 aromatic rings. The molecular formula is C25H28N4O3. The fourth-order valence-electron chi connectivity index (χ4n) is 3.15. The summed E-state index contributed by atoms with van der Waals surface area (Å²) in [5.74, 6) is -0.340. The third kappa shape index (κ3) is 6.46. The standard InChI is InChI=1S/C25H28N4O3/c1-2-14-32-15-7-6-13-22(30)19-10-8-9-18(16-19)21-17-27-24(26)23(29-21)25(31)28-20-11-4-3-5-12-20/h3-5,8-12,16-17H,2,6-7,13-15H2,1H3,(H2,26,27)(H,28,31). The van der Waals surface area contributed by atoms with Crippen molar-refractivity contribution in [1.29, 1.82) is 0 Å². The van der Waals surface area contributed by atoms with E-state index in [-0.39, 0.29) is 17.3 Å². The molecule has 7 nitrogen and oxygen atoms in total. The summed E-state index contributed by atoms with van der Waals surface area (Å²) >= 11 is 0. The van der Waals surface area contributed by atoms with Crippen LogP contribution in [0.25, 0.3) is 11.3 Å². The average Bonchev–Trinajstić information content (AvgIpc) is 2.82. The minimum atomic E-state index is -0.444. The number of aromatic nitrogens is 2. The lowest BCUT2D eigenvalue weighted by molar-refractivity contribution is 0.0966. The van der Waals surface area contributed by atoms with Gasteiger partial charge in [0.15, 0.2) is 17.3 Å². The molecule has 1 amide bonds. The third-order valence-corrected chi connectivity index (χ3v) is 4.82. The highest BCUT2D eigenvalue weighted by atomic mass is 16.5. The summed E-state index contributed by atoms with van der Waals surface area (Å²) in [6, 6.07) is 16.2. The number of anilines is 2. The number of para-hydroxylation sites is 1. The first-order valence-corrected chi connectivity index (χ1v) is 10.8. The Labute approximate surface area is 188 Å². The van der Waals surface area contributed by atoms with E-state index >= 15 is 0 Å². The number of ether oxygens (including phenoxy) is 1. The second-order valence-electron chi connectivity index (χ2n) is 7.38. The highest BCUT2D eigenvalue weighted by Gasteiger charge is 2.16. The van der Waals surface area contributed by atoms with Gasteiger partial charge in [-0.15, -0.1) is 0 Å². The van der Waals surface area contributed by atoms with E-state index in [2.05, 4.69) is 22.2 Å². The van der Waals surface area contributed by atoms with Crippen LogP contribution in [0.2, 0.25) is 0 Å². The van der Waals surface area contributed by atoms with Crippen molar-refractivity contribution in [1.82, 2.24) is 9.97 Å². The number of nitrogens with one attached hydrogen (secondary N) is 1. The van der Waals surface area contributed by atoms with Crippen molar-refractivity contribution in [3.8, 4) is 11.3 Å². The van der Waals surface area contributed by atoms with E-state index < -0.39 is 5.91 Å². The summed E-state index contributed by atoms with van der Waals surface area (Å²) in [5, 5.41) is 2.76. The number of amides is 1. The maximum Gasteiger partial charge on any atom is 0.278 e. The Morgan fingerprint density at radius 2 is 1.84 bits per heavy atom. The van der Waals surface area contributed by atoms with Crippen molar-refractivity contribution >= 4 is 23.2 Å². The summed E-state index contributed by atoms with van der Waals surface area (Å²) in [6.07, 6.45) is 4.59. The SMILES string of the molecule is CCCOCCCCC(=O)c1cccc(-c2cnc(N)c(C(=O)Nc3ccccc3)n2)c1. The number of hydrogen-bond donors (Lipinski definition) is 2. The van der Waals surface area contributed by atoms with Gasteiger partial charge in [0.05, 0.1) is 11.9 Å². The van der Waals surface area contributed by atoms with Gasteiger partial charge in [-0.2, -0.15) is 0 Å². The van der Waals surface area contributed by atoms with Gasteiger partial charge in [-0.05, 0) is 37.5 Å². The zero-order valence-electron chi connectivity index (χ0n) is 18.2. The molecule has 0 aliphatic heterocycles. The van der Waals surface area contributed by atoms with Gasteiger partial charge in [0.25, 0.3) is 5.91 Å². The second-order valence-corrected chi connectivity index (χ2v) is 7.38. The number of carbonyl (C=O) groups is 2. The van der Waals surface area contributed by atoms with Gasteiger partial charge in [0.1, 0.15) is 0 Å². The Bertz CT molecular complexity index is 1050. The smallest absolute Gasteiger partial charge is 0.278 e. The predicted molar refractivity (Wildman–Crippen MR) is 126 cm³/mol. The van der Waals surface area contributed by atoms with Gasteiger partial charge in [-0.3, -0.25) is 9.59 Å². The summed E-state index contributed by atoms with van der Waals surface area (Å²) in [7, 11) is 0. The van der Waals surface area contributed by atoms with Gasteiger partial charge in [-0.25, -0.2) is 9.97 Å². The average molecular weight is 433 g/mol. The summed E-state index contributed by atoms with van der Waals surface area (Å²) in [4.78, 5) is 33.8. The van der Waals surface area contributed by atoms with E-state index in [1.807, 2.05) is 24.3 Å². The van der Waals surface area contributed by atoms with Crippen LogP contribution in [0.15, 0.2) is 60.8 Å². The predicted octanol–water partition coefficient (Wildman–Crippen LogP) is 4.76. The first-order valence-electron chi connectivity index (χ1n) is 10.8. The molecule has 0 saturated carbocycles. The van der Waals surface area contributed by atoms with Crippen molar-refractivity contribution in [3.05, 3.63) is 72.1 Å². The molecule has 0 unspecified atom stereocenters. The fourth-order valence-corrected chi connectivity index (χ4v) is 3.15. The van der Waals surface area contributed by atoms with Crippen molar-refractivity contribution in [3.63, 3.8) is 0 Å². The van der Waals surface area contributed by atoms with E-state index in [9.17, 15) is 9.59 Å². The van der Waals surface area contributed by atoms with Crippen LogP contribution < -0.4 is 11.1 Å². The largest absolute Gasteiger partial charge is 0.382 e. The molecule has 3 N–H and O–H groups in total. The number of Topliss-reactive ketones (excluding diaryl/α,β-unsaturated/α-hetero) is 1. The molecule has 0 aliphatic carbocycles. The third-order valence-electron chi connectivity index (χ3n) is 4.82. The van der Waals surface area contributed by atoms with Crippen molar-refractivity contribution in [2.75, 3.05) is 24.3 Å². The highest BCUT2D eigenvalue weighted by Crippen LogP contribution is 2.21. The molecule has 0 aliphatic rings. The molecule has 0 bridgehead atoms. The molecule has 1 heterocycles. The van der Waals surface area contributed by atoms with Crippen LogP contribution in [0.3, 0.4) is 0 Å². The molecule has 0 spiro atoms. The number of nitrogens with two attached hydrogens (primary N) is 1. The van der Waals surface area contributed by atoms with Crippen LogP contribution >= 0.6 is 0 Å². The molecule has 2 aromatic carbocycles. The van der Waals surface area contributed by atoms with Crippen molar-refractivity contribution in [2.24, 2.45) is 0 Å². The number of carbonyl (C=O) groups excluding carboxylic acids is 2. The fraction of sp³-hybridized carbons (Fsp3) is 0.280. The minimum Gasteiger partial charge on any atom is -0.382 e. The zero-order valence-corrected chi connectivity index (χ0v) is 18.2. The molecule has 0 fully saturated rings. The van der Waals surface area contributed by atoms with Crippen LogP contribution in [-0.2, 0) is 4.74 Å². The topological polar surface area (TPSA) is 107 Å². The summed E-state index contributed by atoms with van der Waals surface area (Å²) in [5.41, 5.74) is 8.35. The summed E-state index contributed by atoms with van der Waals surface area (Å²) in [6.45, 7) is 3.50. The number of benzene rings is 2. The Hall–Kier alpha value is -3.58. The maximum atomic E-state index is 12.6. The molecular weight excluding hydrogens is 404 g/mol. The number of hydrogen-bond acceptors (Lipinski definition) is 6. The maximum absolute atomic E-state index is 12.6. The number of ketones is 1. The van der Waals surface area contributed by atoms with Crippen LogP contribution in [-0.4, -0.2) is 34.9 Å². The van der Waals surface area contributed by atoms with Gasteiger partial charge < -0.3 is 15.8 Å². The number of nitrogens with zero attached hydrogens (tertiary/aromatic N) is 2. The first-order chi connectivity index (χ1) is 15.6. The number of rotatable bonds is 11. The van der Waals surface area contributed by atoms with Gasteiger partial charge in [-0.1, -0.05) is 43.3 Å². The van der Waals surface area contributed by atoms with E-state index in [0.29, 0.717) is 35.5 Å². The molecule has 32 heavy (non-hydrogen) atoms. The highest BCUT2D eigenvalue weighted by molar-refractivity contribution is 6.06. The minimum absolute atomic E-state index is 0.0372. The van der Waals surface area contributed by atoms with Crippen molar-refractivity contribution in [2.45, 2.75) is 32.6 Å². The number of nitrogen functional groups attached to an aromatic ring is 1. The van der Waals surface area contributed by atoms with Crippen LogP contribution in [0.5, 0.6) is 0 Å². The van der Waals surface area contributed by atoms with Crippen LogP contribution in [0, 0.1) is 0 Å².